The number of aromatic nitrogens is 2. The largest absolute Gasteiger partial charge is 0.379 e. The van der Waals surface area contributed by atoms with Crippen LogP contribution in [0.2, 0.25) is 0 Å². The summed E-state index contributed by atoms with van der Waals surface area (Å²) in [4.78, 5) is 6.71. The van der Waals surface area contributed by atoms with Crippen molar-refractivity contribution in [3.63, 3.8) is 0 Å². The lowest BCUT2D eigenvalue weighted by Gasteiger charge is -2.27. The predicted molar refractivity (Wildman–Crippen MR) is 66.9 cm³/mol. The third-order valence-corrected chi connectivity index (χ3v) is 3.78. The highest BCUT2D eigenvalue weighted by molar-refractivity contribution is 5.04. The summed E-state index contributed by atoms with van der Waals surface area (Å²) >= 11 is 0. The van der Waals surface area contributed by atoms with Gasteiger partial charge in [0.1, 0.15) is 6.10 Å². The fraction of sp³-hybridized carbons (Fsp3) is 0.833. The van der Waals surface area contributed by atoms with Crippen molar-refractivity contribution >= 4 is 0 Å². The minimum atomic E-state index is -0.0911. The molecule has 2 fully saturated rings. The van der Waals surface area contributed by atoms with Crippen LogP contribution in [0.5, 0.6) is 0 Å². The van der Waals surface area contributed by atoms with Crippen LogP contribution in [0.25, 0.3) is 0 Å². The van der Waals surface area contributed by atoms with E-state index in [-0.39, 0.29) is 18.1 Å². The van der Waals surface area contributed by atoms with Crippen LogP contribution in [0.1, 0.15) is 23.7 Å². The van der Waals surface area contributed by atoms with Crippen molar-refractivity contribution < 1.29 is 14.0 Å². The molecule has 7 heteroatoms. The Morgan fingerprint density at radius 3 is 3.05 bits per heavy atom. The lowest BCUT2D eigenvalue weighted by Crippen LogP contribution is -2.35. The number of likely N-dealkylation sites (N-methyl/N-ethyl adjacent to an activating group) is 2. The summed E-state index contributed by atoms with van der Waals surface area (Å²) < 4.78 is 16.5. The molecule has 0 amide bonds. The minimum Gasteiger partial charge on any atom is -0.379 e. The summed E-state index contributed by atoms with van der Waals surface area (Å²) in [6, 6.07) is 0.239. The Labute approximate surface area is 112 Å². The average Bonchev–Trinajstić information content (AvgIpc) is 3.07. The molecule has 0 aliphatic carbocycles. The van der Waals surface area contributed by atoms with Crippen molar-refractivity contribution in [2.75, 3.05) is 47.0 Å². The van der Waals surface area contributed by atoms with Gasteiger partial charge in [0.05, 0.1) is 25.7 Å². The summed E-state index contributed by atoms with van der Waals surface area (Å²) in [5.74, 6) is 1.42. The number of nitrogens with zero attached hydrogens (tertiary/aromatic N) is 3. The van der Waals surface area contributed by atoms with Gasteiger partial charge >= 0.3 is 0 Å². The van der Waals surface area contributed by atoms with Crippen LogP contribution in [-0.2, 0) is 9.47 Å². The number of hydrogen-bond acceptors (Lipinski definition) is 7. The standard InChI is InChI=1S/C12H20N4O3/c1-13-9-7-17-6-8(9)12-14-11(15-19-12)10-5-16(2)3-4-18-10/h8-10,13H,3-7H2,1-2H3. The monoisotopic (exact) mass is 268 g/mol. The van der Waals surface area contributed by atoms with Crippen molar-refractivity contribution in [2.24, 2.45) is 0 Å². The number of ether oxygens (including phenoxy) is 2. The second kappa shape index (κ2) is 5.54. The molecule has 3 rings (SSSR count). The van der Waals surface area contributed by atoms with Gasteiger partial charge < -0.3 is 24.2 Å². The Morgan fingerprint density at radius 1 is 1.37 bits per heavy atom. The molecule has 1 N–H and O–H groups in total. The van der Waals surface area contributed by atoms with Crippen molar-refractivity contribution in [3.05, 3.63) is 11.7 Å². The molecule has 2 aliphatic heterocycles. The summed E-state index contributed by atoms with van der Waals surface area (Å²) in [7, 11) is 3.99. The molecule has 7 nitrogen and oxygen atoms in total. The smallest absolute Gasteiger partial charge is 0.233 e. The molecule has 1 aromatic heterocycles. The maximum absolute atomic E-state index is 5.69. The van der Waals surface area contributed by atoms with Crippen LogP contribution in [0.4, 0.5) is 0 Å². The first-order valence-corrected chi connectivity index (χ1v) is 6.66. The zero-order valence-electron chi connectivity index (χ0n) is 11.3. The zero-order chi connectivity index (χ0) is 13.2. The SMILES string of the molecule is CNC1COCC1c1nc(C2CN(C)CCO2)no1. The molecule has 106 valence electrons. The van der Waals surface area contributed by atoms with Crippen molar-refractivity contribution in [3.8, 4) is 0 Å². The van der Waals surface area contributed by atoms with Crippen LogP contribution in [0.15, 0.2) is 4.52 Å². The maximum atomic E-state index is 5.69. The molecule has 2 aliphatic rings. The van der Waals surface area contributed by atoms with Crippen LogP contribution < -0.4 is 5.32 Å². The highest BCUT2D eigenvalue weighted by Crippen LogP contribution is 2.26. The summed E-state index contributed by atoms with van der Waals surface area (Å²) in [5.41, 5.74) is 0. The number of nitrogens with one attached hydrogen (secondary N) is 1. The van der Waals surface area contributed by atoms with E-state index >= 15 is 0 Å². The van der Waals surface area contributed by atoms with E-state index in [1.54, 1.807) is 0 Å². The Balaban J connectivity index is 1.72. The molecular weight excluding hydrogens is 248 g/mol. The Kier molecular flexibility index (Phi) is 3.79. The number of rotatable bonds is 3. The van der Waals surface area contributed by atoms with E-state index in [9.17, 15) is 0 Å². The first kappa shape index (κ1) is 13.0. The third kappa shape index (κ3) is 2.64. The molecule has 19 heavy (non-hydrogen) atoms. The molecule has 1 aromatic rings. The molecular formula is C12H20N4O3. The number of morpholine rings is 1. The molecule has 0 aromatic carbocycles. The van der Waals surface area contributed by atoms with Gasteiger partial charge in [0.2, 0.25) is 11.7 Å². The normalized spacial score (nSPS) is 32.8. The van der Waals surface area contributed by atoms with Crippen LogP contribution >= 0.6 is 0 Å². The molecule has 3 heterocycles. The van der Waals surface area contributed by atoms with Gasteiger partial charge in [-0.2, -0.15) is 4.98 Å². The molecule has 2 saturated heterocycles. The lowest BCUT2D eigenvalue weighted by molar-refractivity contribution is -0.0264. The first-order valence-electron chi connectivity index (χ1n) is 6.66. The second-order valence-corrected chi connectivity index (χ2v) is 5.15. The van der Waals surface area contributed by atoms with Gasteiger partial charge in [-0.25, -0.2) is 0 Å². The number of hydrogen-bond donors (Lipinski definition) is 1. The molecule has 0 radical (unpaired) electrons. The highest BCUT2D eigenvalue weighted by atomic mass is 16.5. The first-order chi connectivity index (χ1) is 9.28. The Bertz CT molecular complexity index is 425. The summed E-state index contributed by atoms with van der Waals surface area (Å²) in [5, 5.41) is 7.28. The van der Waals surface area contributed by atoms with E-state index in [1.165, 1.54) is 0 Å². The van der Waals surface area contributed by atoms with Gasteiger partial charge in [0, 0.05) is 19.1 Å². The summed E-state index contributed by atoms with van der Waals surface area (Å²) in [6.07, 6.45) is -0.0911. The highest BCUT2D eigenvalue weighted by Gasteiger charge is 2.34. The van der Waals surface area contributed by atoms with E-state index in [2.05, 4.69) is 27.4 Å². The van der Waals surface area contributed by atoms with Gasteiger partial charge in [-0.3, -0.25) is 0 Å². The maximum Gasteiger partial charge on any atom is 0.233 e. The van der Waals surface area contributed by atoms with Crippen LogP contribution in [-0.4, -0.2) is 68.1 Å². The van der Waals surface area contributed by atoms with Gasteiger partial charge in [-0.15, -0.1) is 0 Å². The van der Waals surface area contributed by atoms with Crippen molar-refractivity contribution in [2.45, 2.75) is 18.1 Å². The zero-order valence-corrected chi connectivity index (χ0v) is 11.3. The van der Waals surface area contributed by atoms with Gasteiger partial charge in [-0.1, -0.05) is 5.16 Å². The third-order valence-electron chi connectivity index (χ3n) is 3.78. The van der Waals surface area contributed by atoms with E-state index < -0.39 is 0 Å². The van der Waals surface area contributed by atoms with E-state index in [1.807, 2.05) is 7.05 Å². The molecule has 0 spiro atoms. The topological polar surface area (TPSA) is 72.7 Å². The average molecular weight is 268 g/mol. The van der Waals surface area contributed by atoms with Gasteiger partial charge in [0.25, 0.3) is 0 Å². The molecule has 3 unspecified atom stereocenters. The molecule has 3 atom stereocenters. The second-order valence-electron chi connectivity index (χ2n) is 5.15. The van der Waals surface area contributed by atoms with Crippen LogP contribution in [0, 0.1) is 0 Å². The van der Waals surface area contributed by atoms with E-state index in [4.69, 9.17) is 14.0 Å². The van der Waals surface area contributed by atoms with Gasteiger partial charge in [-0.05, 0) is 14.1 Å². The molecule has 0 saturated carbocycles. The fourth-order valence-electron chi connectivity index (χ4n) is 2.54. The van der Waals surface area contributed by atoms with Gasteiger partial charge in [0.15, 0.2) is 0 Å². The lowest BCUT2D eigenvalue weighted by atomic mass is 10.0. The fourth-order valence-corrected chi connectivity index (χ4v) is 2.54. The van der Waals surface area contributed by atoms with Crippen molar-refractivity contribution in [1.29, 1.82) is 0 Å². The predicted octanol–water partition coefficient (Wildman–Crippen LogP) is -0.225. The quantitative estimate of drug-likeness (QED) is 0.812. The minimum absolute atomic E-state index is 0.0911. The van der Waals surface area contributed by atoms with Crippen molar-refractivity contribution in [1.82, 2.24) is 20.4 Å². The van der Waals surface area contributed by atoms with E-state index in [0.29, 0.717) is 31.5 Å². The molecule has 0 bridgehead atoms. The van der Waals surface area contributed by atoms with E-state index in [0.717, 1.165) is 13.1 Å². The Hall–Kier alpha value is -1.02. The summed E-state index contributed by atoms with van der Waals surface area (Å²) in [6.45, 7) is 3.76. The van der Waals surface area contributed by atoms with Crippen LogP contribution in [0.3, 0.4) is 0 Å². The Morgan fingerprint density at radius 2 is 2.26 bits per heavy atom.